The smallest absolute Gasteiger partial charge is 0.169 e. The van der Waals surface area contributed by atoms with Crippen molar-refractivity contribution >= 4 is 11.6 Å². The highest BCUT2D eigenvalue weighted by Gasteiger charge is 2.32. The summed E-state index contributed by atoms with van der Waals surface area (Å²) in [7, 11) is 0. The van der Waals surface area contributed by atoms with E-state index in [1.807, 2.05) is 24.3 Å². The topological polar surface area (TPSA) is 44.5 Å². The summed E-state index contributed by atoms with van der Waals surface area (Å²) in [6.45, 7) is 4.56. The first-order valence-electron chi connectivity index (χ1n) is 6.96. The van der Waals surface area contributed by atoms with Crippen LogP contribution >= 0.6 is 11.6 Å². The Morgan fingerprint density at radius 3 is 2.81 bits per heavy atom. The lowest BCUT2D eigenvalue weighted by Gasteiger charge is -2.18. The van der Waals surface area contributed by atoms with E-state index < -0.39 is 0 Å². The molecule has 110 valence electrons. The van der Waals surface area contributed by atoms with Gasteiger partial charge in [-0.3, -0.25) is 0 Å². The van der Waals surface area contributed by atoms with Gasteiger partial charge in [-0.2, -0.15) is 0 Å². The minimum absolute atomic E-state index is 0.192. The number of ether oxygens (including phenoxy) is 2. The summed E-state index contributed by atoms with van der Waals surface area (Å²) < 4.78 is 11.9. The number of fused-ring (bicyclic) bond motifs is 1. The standard InChI is InChI=1S/C17H18ClNO2/c1-17(2)9-11-4-3-5-15(16(11)21-17)20-13-7-6-12(10-19)14(18)8-13/h3-8H,9-10,19H2,1-2H3. The highest BCUT2D eigenvalue weighted by molar-refractivity contribution is 6.31. The van der Waals surface area contributed by atoms with E-state index in [1.54, 1.807) is 6.07 Å². The number of para-hydroxylation sites is 1. The molecule has 0 atom stereocenters. The Bertz CT molecular complexity index is 682. The molecule has 2 aromatic rings. The van der Waals surface area contributed by atoms with Crippen molar-refractivity contribution in [2.75, 3.05) is 0 Å². The van der Waals surface area contributed by atoms with Crippen LogP contribution in [0.15, 0.2) is 36.4 Å². The predicted octanol–water partition coefficient (Wildman–Crippen LogP) is 4.30. The van der Waals surface area contributed by atoms with Crippen molar-refractivity contribution in [2.24, 2.45) is 5.73 Å². The van der Waals surface area contributed by atoms with Crippen molar-refractivity contribution in [3.8, 4) is 17.2 Å². The Hall–Kier alpha value is -1.71. The molecule has 3 rings (SSSR count). The summed E-state index contributed by atoms with van der Waals surface area (Å²) in [5, 5.41) is 0.615. The van der Waals surface area contributed by atoms with Gasteiger partial charge >= 0.3 is 0 Å². The first kappa shape index (κ1) is 14.2. The van der Waals surface area contributed by atoms with Crippen LogP contribution in [0.5, 0.6) is 17.2 Å². The zero-order chi connectivity index (χ0) is 15.0. The molecule has 0 saturated carbocycles. The highest BCUT2D eigenvalue weighted by atomic mass is 35.5. The Morgan fingerprint density at radius 2 is 2.10 bits per heavy atom. The number of rotatable bonds is 3. The average molecular weight is 304 g/mol. The van der Waals surface area contributed by atoms with Gasteiger partial charge in [0.25, 0.3) is 0 Å². The quantitative estimate of drug-likeness (QED) is 0.919. The van der Waals surface area contributed by atoms with Gasteiger partial charge in [-0.05, 0) is 37.6 Å². The van der Waals surface area contributed by atoms with Crippen LogP contribution in [0.4, 0.5) is 0 Å². The lowest BCUT2D eigenvalue weighted by atomic mass is 10.0. The van der Waals surface area contributed by atoms with E-state index in [0.29, 0.717) is 17.3 Å². The molecule has 21 heavy (non-hydrogen) atoms. The van der Waals surface area contributed by atoms with Crippen molar-refractivity contribution in [2.45, 2.75) is 32.4 Å². The van der Waals surface area contributed by atoms with E-state index >= 15 is 0 Å². The second-order valence-electron chi connectivity index (χ2n) is 5.84. The van der Waals surface area contributed by atoms with Crippen molar-refractivity contribution in [1.82, 2.24) is 0 Å². The summed E-state index contributed by atoms with van der Waals surface area (Å²) >= 11 is 6.17. The third kappa shape index (κ3) is 2.85. The molecular weight excluding hydrogens is 286 g/mol. The van der Waals surface area contributed by atoms with E-state index in [0.717, 1.165) is 23.5 Å². The van der Waals surface area contributed by atoms with Gasteiger partial charge in [-0.1, -0.05) is 29.8 Å². The molecule has 0 amide bonds. The maximum Gasteiger partial charge on any atom is 0.169 e. The van der Waals surface area contributed by atoms with Crippen LogP contribution in [0.2, 0.25) is 5.02 Å². The van der Waals surface area contributed by atoms with Crippen LogP contribution in [-0.2, 0) is 13.0 Å². The third-order valence-corrected chi connectivity index (χ3v) is 3.88. The Labute approximate surface area is 129 Å². The first-order valence-corrected chi connectivity index (χ1v) is 7.33. The first-order chi connectivity index (χ1) is 9.98. The van der Waals surface area contributed by atoms with Gasteiger partial charge in [0.1, 0.15) is 11.4 Å². The lowest BCUT2D eigenvalue weighted by molar-refractivity contribution is 0.135. The molecule has 0 aliphatic carbocycles. The van der Waals surface area contributed by atoms with Gasteiger partial charge in [0.15, 0.2) is 11.5 Å². The molecule has 0 radical (unpaired) electrons. The molecule has 0 spiro atoms. The Balaban J connectivity index is 1.90. The lowest BCUT2D eigenvalue weighted by Crippen LogP contribution is -2.24. The van der Waals surface area contributed by atoms with Crippen molar-refractivity contribution in [1.29, 1.82) is 0 Å². The van der Waals surface area contributed by atoms with Crippen molar-refractivity contribution < 1.29 is 9.47 Å². The van der Waals surface area contributed by atoms with Crippen LogP contribution in [0.25, 0.3) is 0 Å². The maximum atomic E-state index is 6.17. The monoisotopic (exact) mass is 303 g/mol. The van der Waals surface area contributed by atoms with Crippen LogP contribution in [0, 0.1) is 0 Å². The van der Waals surface area contributed by atoms with Crippen LogP contribution in [0.1, 0.15) is 25.0 Å². The van der Waals surface area contributed by atoms with E-state index in [2.05, 4.69) is 19.9 Å². The fourth-order valence-corrected chi connectivity index (χ4v) is 2.80. The molecule has 0 fully saturated rings. The molecule has 3 nitrogen and oxygen atoms in total. The summed E-state index contributed by atoms with van der Waals surface area (Å²) in [5.41, 5.74) is 7.49. The van der Waals surface area contributed by atoms with Crippen LogP contribution < -0.4 is 15.2 Å². The Kier molecular flexibility index (Phi) is 3.56. The molecule has 1 aliphatic heterocycles. The van der Waals surface area contributed by atoms with Gasteiger partial charge in [-0.25, -0.2) is 0 Å². The average Bonchev–Trinajstić information content (AvgIpc) is 2.74. The fourth-order valence-electron chi connectivity index (χ4n) is 2.55. The van der Waals surface area contributed by atoms with Gasteiger partial charge in [0.05, 0.1) is 0 Å². The highest BCUT2D eigenvalue weighted by Crippen LogP contribution is 2.43. The van der Waals surface area contributed by atoms with E-state index in [4.69, 9.17) is 26.8 Å². The number of benzene rings is 2. The van der Waals surface area contributed by atoms with Crippen LogP contribution in [0.3, 0.4) is 0 Å². The third-order valence-electron chi connectivity index (χ3n) is 3.53. The van der Waals surface area contributed by atoms with Gasteiger partial charge < -0.3 is 15.2 Å². The van der Waals surface area contributed by atoms with Gasteiger partial charge in [0.2, 0.25) is 0 Å². The van der Waals surface area contributed by atoms with Crippen molar-refractivity contribution in [3.05, 3.63) is 52.5 Å². The minimum atomic E-state index is -0.192. The predicted molar refractivity (Wildman–Crippen MR) is 84.3 cm³/mol. The maximum absolute atomic E-state index is 6.17. The second kappa shape index (κ2) is 5.24. The molecule has 0 saturated heterocycles. The SMILES string of the molecule is CC1(C)Cc2cccc(Oc3ccc(CN)c(Cl)c3)c2O1. The molecule has 4 heteroatoms. The van der Waals surface area contributed by atoms with Crippen LogP contribution in [-0.4, -0.2) is 5.60 Å². The minimum Gasteiger partial charge on any atom is -0.483 e. The fraction of sp³-hybridized carbons (Fsp3) is 0.294. The molecule has 1 heterocycles. The van der Waals surface area contributed by atoms with E-state index in [1.165, 1.54) is 5.56 Å². The summed E-state index contributed by atoms with van der Waals surface area (Å²) in [5.74, 6) is 2.22. The molecule has 2 N–H and O–H groups in total. The number of hydrogen-bond donors (Lipinski definition) is 1. The van der Waals surface area contributed by atoms with Gasteiger partial charge in [-0.15, -0.1) is 0 Å². The molecule has 2 aromatic carbocycles. The normalized spacial score (nSPS) is 15.4. The zero-order valence-corrected chi connectivity index (χ0v) is 12.9. The van der Waals surface area contributed by atoms with E-state index in [-0.39, 0.29) is 5.60 Å². The summed E-state index contributed by atoms with van der Waals surface area (Å²) in [6.07, 6.45) is 0.881. The number of halogens is 1. The molecule has 0 unspecified atom stereocenters. The van der Waals surface area contributed by atoms with Crippen molar-refractivity contribution in [3.63, 3.8) is 0 Å². The molecule has 1 aliphatic rings. The van der Waals surface area contributed by atoms with E-state index in [9.17, 15) is 0 Å². The molecular formula is C17H18ClNO2. The summed E-state index contributed by atoms with van der Waals surface area (Å²) in [6, 6.07) is 11.5. The number of hydrogen-bond acceptors (Lipinski definition) is 3. The number of nitrogens with two attached hydrogens (primary N) is 1. The largest absolute Gasteiger partial charge is 0.483 e. The zero-order valence-electron chi connectivity index (χ0n) is 12.2. The summed E-state index contributed by atoms with van der Waals surface area (Å²) in [4.78, 5) is 0. The van der Waals surface area contributed by atoms with Gasteiger partial charge in [0, 0.05) is 23.6 Å². The molecule has 0 bridgehead atoms. The molecule has 0 aromatic heterocycles. The Morgan fingerprint density at radius 1 is 1.29 bits per heavy atom. The second-order valence-corrected chi connectivity index (χ2v) is 6.25.